The summed E-state index contributed by atoms with van der Waals surface area (Å²) in [6, 6.07) is 0.725. The molecule has 1 aromatic heterocycles. The van der Waals surface area contributed by atoms with Crippen LogP contribution < -0.4 is 5.32 Å². The van der Waals surface area contributed by atoms with E-state index in [1.165, 1.54) is 12.3 Å². The summed E-state index contributed by atoms with van der Waals surface area (Å²) in [7, 11) is 0. The molecule has 1 aromatic rings. The van der Waals surface area contributed by atoms with Gasteiger partial charge in [-0.05, 0) is 24.6 Å². The summed E-state index contributed by atoms with van der Waals surface area (Å²) in [6.07, 6.45) is -1.11. The van der Waals surface area contributed by atoms with Crippen LogP contribution in [0.4, 0.5) is 17.6 Å². The minimum Gasteiger partial charge on any atom is -0.370 e. The minimum absolute atomic E-state index is 0.190. The Kier molecular flexibility index (Phi) is 6.17. The van der Waals surface area contributed by atoms with Crippen LogP contribution in [0.5, 0.6) is 0 Å². The second-order valence-electron chi connectivity index (χ2n) is 4.07. The molecule has 0 aliphatic carbocycles. The van der Waals surface area contributed by atoms with Gasteiger partial charge in [0.15, 0.2) is 0 Å². The van der Waals surface area contributed by atoms with Crippen molar-refractivity contribution in [1.29, 1.82) is 0 Å². The zero-order valence-electron chi connectivity index (χ0n) is 10.5. The molecular weight excluding hydrogens is 264 g/mol. The molecule has 1 heterocycles. The van der Waals surface area contributed by atoms with Crippen LogP contribution in [0.3, 0.4) is 0 Å². The molecule has 3 nitrogen and oxygen atoms in total. The molecular formula is C12H16F4N2O. The van der Waals surface area contributed by atoms with Crippen LogP contribution in [0.25, 0.3) is 0 Å². The van der Waals surface area contributed by atoms with Crippen molar-refractivity contribution in [3.63, 3.8) is 0 Å². The lowest BCUT2D eigenvalue weighted by molar-refractivity contribution is -0.175. The lowest BCUT2D eigenvalue weighted by Gasteiger charge is -2.19. The van der Waals surface area contributed by atoms with Crippen molar-refractivity contribution in [2.75, 3.05) is 19.8 Å². The third kappa shape index (κ3) is 6.49. The number of hydrogen-bond donors (Lipinski definition) is 1. The van der Waals surface area contributed by atoms with E-state index in [2.05, 4.69) is 15.0 Å². The van der Waals surface area contributed by atoms with Gasteiger partial charge in [-0.1, -0.05) is 6.92 Å². The number of hydrogen-bond acceptors (Lipinski definition) is 3. The molecule has 1 rings (SSSR count). The van der Waals surface area contributed by atoms with E-state index in [1.54, 1.807) is 0 Å². The van der Waals surface area contributed by atoms with Crippen LogP contribution in [0.2, 0.25) is 0 Å². The van der Waals surface area contributed by atoms with Gasteiger partial charge in [0.2, 0.25) is 0 Å². The number of nitrogens with zero attached hydrogens (tertiary/aromatic N) is 1. The first-order valence-corrected chi connectivity index (χ1v) is 5.90. The van der Waals surface area contributed by atoms with E-state index in [-0.39, 0.29) is 6.61 Å². The van der Waals surface area contributed by atoms with Crippen LogP contribution in [-0.4, -0.2) is 30.9 Å². The second kappa shape index (κ2) is 7.40. The van der Waals surface area contributed by atoms with Crippen molar-refractivity contribution in [3.05, 3.63) is 29.8 Å². The Morgan fingerprint density at radius 2 is 2.11 bits per heavy atom. The molecule has 1 N–H and O–H groups in total. The third-order valence-electron chi connectivity index (χ3n) is 2.32. The molecule has 0 fully saturated rings. The van der Waals surface area contributed by atoms with Crippen molar-refractivity contribution in [2.45, 2.75) is 25.6 Å². The van der Waals surface area contributed by atoms with Gasteiger partial charge in [0, 0.05) is 6.20 Å². The van der Waals surface area contributed by atoms with Gasteiger partial charge in [-0.15, -0.1) is 0 Å². The molecule has 1 atom stereocenters. The SMILES string of the molecule is CCCNC(COCC(F)(F)F)c1cncc(F)c1. The number of rotatable bonds is 7. The first kappa shape index (κ1) is 15.8. The highest BCUT2D eigenvalue weighted by Gasteiger charge is 2.28. The maximum absolute atomic E-state index is 13.1. The fourth-order valence-corrected chi connectivity index (χ4v) is 1.50. The Morgan fingerprint density at radius 1 is 1.37 bits per heavy atom. The zero-order chi connectivity index (χ0) is 14.3. The summed E-state index contributed by atoms with van der Waals surface area (Å²) < 4.78 is 53.7. The molecule has 0 aliphatic heterocycles. The lowest BCUT2D eigenvalue weighted by atomic mass is 10.1. The molecule has 108 valence electrons. The van der Waals surface area contributed by atoms with Crippen molar-refractivity contribution in [3.8, 4) is 0 Å². The van der Waals surface area contributed by atoms with Gasteiger partial charge < -0.3 is 10.1 Å². The van der Waals surface area contributed by atoms with Crippen LogP contribution >= 0.6 is 0 Å². The Labute approximate surface area is 109 Å². The van der Waals surface area contributed by atoms with Crippen LogP contribution in [-0.2, 0) is 4.74 Å². The first-order valence-electron chi connectivity index (χ1n) is 5.90. The first-order chi connectivity index (χ1) is 8.92. The van der Waals surface area contributed by atoms with Gasteiger partial charge in [0.1, 0.15) is 12.4 Å². The fraction of sp³-hybridized carbons (Fsp3) is 0.583. The summed E-state index contributed by atoms with van der Waals surface area (Å²) in [5.41, 5.74) is 0.468. The largest absolute Gasteiger partial charge is 0.411 e. The van der Waals surface area contributed by atoms with E-state index in [4.69, 9.17) is 0 Å². The average molecular weight is 280 g/mol. The van der Waals surface area contributed by atoms with Gasteiger partial charge in [0.25, 0.3) is 0 Å². The summed E-state index contributed by atoms with van der Waals surface area (Å²) >= 11 is 0. The lowest BCUT2D eigenvalue weighted by Crippen LogP contribution is -2.28. The van der Waals surface area contributed by atoms with Gasteiger partial charge >= 0.3 is 6.18 Å². The number of halogens is 4. The average Bonchev–Trinajstić information content (AvgIpc) is 2.32. The number of pyridine rings is 1. The standard InChI is InChI=1S/C12H16F4N2O/c1-2-3-18-11(7-19-8-12(14,15)16)9-4-10(13)6-17-5-9/h4-6,11,18H,2-3,7-8H2,1H3. The molecule has 0 saturated carbocycles. The Hall–Kier alpha value is -1.21. The maximum atomic E-state index is 13.1. The second-order valence-corrected chi connectivity index (χ2v) is 4.07. The molecule has 0 aromatic carbocycles. The molecule has 1 unspecified atom stereocenters. The van der Waals surface area contributed by atoms with Gasteiger partial charge in [-0.2, -0.15) is 13.2 Å². The number of alkyl halides is 3. The Bertz CT molecular complexity index is 384. The van der Waals surface area contributed by atoms with Gasteiger partial charge in [-0.3, -0.25) is 4.98 Å². The highest BCUT2D eigenvalue weighted by atomic mass is 19.4. The topological polar surface area (TPSA) is 34.1 Å². The number of ether oxygens (including phenoxy) is 1. The Balaban J connectivity index is 2.61. The predicted molar refractivity (Wildman–Crippen MR) is 62.1 cm³/mol. The van der Waals surface area contributed by atoms with Crippen LogP contribution in [0.15, 0.2) is 18.5 Å². The molecule has 19 heavy (non-hydrogen) atoms. The van der Waals surface area contributed by atoms with Crippen molar-refractivity contribution < 1.29 is 22.3 Å². The highest BCUT2D eigenvalue weighted by molar-refractivity contribution is 5.15. The maximum Gasteiger partial charge on any atom is 0.411 e. The molecule has 0 aliphatic rings. The van der Waals surface area contributed by atoms with E-state index in [9.17, 15) is 17.6 Å². The molecule has 0 radical (unpaired) electrons. The molecule has 0 saturated heterocycles. The molecule has 0 spiro atoms. The summed E-state index contributed by atoms with van der Waals surface area (Å²) in [5.74, 6) is -0.531. The third-order valence-corrected chi connectivity index (χ3v) is 2.32. The fourth-order valence-electron chi connectivity index (χ4n) is 1.50. The quantitative estimate of drug-likeness (QED) is 0.780. The predicted octanol–water partition coefficient (Wildman–Crippen LogP) is 2.84. The van der Waals surface area contributed by atoms with E-state index in [0.29, 0.717) is 12.1 Å². The molecule has 7 heteroatoms. The number of aromatic nitrogens is 1. The smallest absolute Gasteiger partial charge is 0.370 e. The minimum atomic E-state index is -4.37. The summed E-state index contributed by atoms with van der Waals surface area (Å²) in [5, 5.41) is 3.00. The summed E-state index contributed by atoms with van der Waals surface area (Å²) in [6.45, 7) is 1.01. The number of nitrogens with one attached hydrogen (secondary N) is 1. The van der Waals surface area contributed by atoms with E-state index in [1.807, 2.05) is 6.92 Å². The van der Waals surface area contributed by atoms with Crippen molar-refractivity contribution >= 4 is 0 Å². The monoisotopic (exact) mass is 280 g/mol. The van der Waals surface area contributed by atoms with Crippen LogP contribution in [0, 0.1) is 5.82 Å². The van der Waals surface area contributed by atoms with Crippen molar-refractivity contribution in [2.24, 2.45) is 0 Å². The molecule has 0 amide bonds. The summed E-state index contributed by atoms with van der Waals surface area (Å²) in [4.78, 5) is 3.68. The Morgan fingerprint density at radius 3 is 2.68 bits per heavy atom. The van der Waals surface area contributed by atoms with Gasteiger partial charge in [0.05, 0.1) is 18.8 Å². The normalized spacial score (nSPS) is 13.5. The van der Waals surface area contributed by atoms with Crippen LogP contribution in [0.1, 0.15) is 24.9 Å². The molecule has 0 bridgehead atoms. The van der Waals surface area contributed by atoms with E-state index >= 15 is 0 Å². The van der Waals surface area contributed by atoms with E-state index < -0.39 is 24.6 Å². The highest BCUT2D eigenvalue weighted by Crippen LogP contribution is 2.18. The van der Waals surface area contributed by atoms with Crippen molar-refractivity contribution in [1.82, 2.24) is 10.3 Å². The zero-order valence-corrected chi connectivity index (χ0v) is 10.5. The van der Waals surface area contributed by atoms with Gasteiger partial charge in [-0.25, -0.2) is 4.39 Å². The van der Waals surface area contributed by atoms with E-state index in [0.717, 1.165) is 12.6 Å².